The van der Waals surface area contributed by atoms with E-state index in [1.54, 1.807) is 38.1 Å². The fraction of sp³-hybridized carbons (Fsp3) is 0.294. The molecule has 4 aromatic rings. The molecular weight excluding hydrogens is 380 g/mol. The molecule has 0 radical (unpaired) electrons. The molecule has 0 saturated heterocycles. The molecular formula is C17H16N8O4. The third-order valence-corrected chi connectivity index (χ3v) is 4.69. The number of aromatic nitrogens is 8. The van der Waals surface area contributed by atoms with E-state index in [2.05, 4.69) is 30.6 Å². The van der Waals surface area contributed by atoms with Crippen LogP contribution in [0.15, 0.2) is 36.7 Å². The minimum atomic E-state index is -1.60. The molecule has 12 nitrogen and oxygen atoms in total. The van der Waals surface area contributed by atoms with Crippen molar-refractivity contribution >= 4 is 34.3 Å². The molecule has 0 aliphatic carbocycles. The summed E-state index contributed by atoms with van der Waals surface area (Å²) in [6.45, 7) is 3.36. The molecule has 0 saturated carbocycles. The maximum atomic E-state index is 13.0. The Bertz CT molecular complexity index is 1110. The van der Waals surface area contributed by atoms with Crippen LogP contribution in [0.1, 0.15) is 26.7 Å². The number of pyridine rings is 2. The molecule has 0 amide bonds. The number of carbonyl (C=O) groups excluding carboxylic acids is 2. The number of carbonyl (C=O) groups is 2. The van der Waals surface area contributed by atoms with E-state index in [4.69, 9.17) is 9.68 Å². The summed E-state index contributed by atoms with van der Waals surface area (Å²) in [6, 6.07) is 6.70. The summed E-state index contributed by atoms with van der Waals surface area (Å²) in [4.78, 5) is 46.5. The maximum absolute atomic E-state index is 13.0. The summed E-state index contributed by atoms with van der Waals surface area (Å²) < 4.78 is 0. The van der Waals surface area contributed by atoms with E-state index >= 15 is 0 Å². The molecule has 0 atom stereocenters. The highest BCUT2D eigenvalue weighted by Gasteiger charge is 2.48. The predicted octanol–water partition coefficient (Wildman–Crippen LogP) is 0.383. The predicted molar refractivity (Wildman–Crippen MR) is 96.8 cm³/mol. The van der Waals surface area contributed by atoms with Crippen LogP contribution in [0.4, 0.5) is 0 Å². The lowest BCUT2D eigenvalue weighted by Crippen LogP contribution is -2.47. The first-order chi connectivity index (χ1) is 14.1. The van der Waals surface area contributed by atoms with Gasteiger partial charge in [-0.3, -0.25) is 0 Å². The normalized spacial score (nSPS) is 11.7. The van der Waals surface area contributed by atoms with Crippen molar-refractivity contribution < 1.29 is 19.3 Å². The highest BCUT2D eigenvalue weighted by atomic mass is 16.7. The van der Waals surface area contributed by atoms with Crippen molar-refractivity contribution in [2.45, 2.75) is 26.7 Å². The summed E-state index contributed by atoms with van der Waals surface area (Å²) in [5.74, 6) is -1.69. The number of hydrogen-bond acceptors (Lipinski definition) is 10. The smallest absolute Gasteiger partial charge is 0.314 e. The molecule has 0 aromatic carbocycles. The van der Waals surface area contributed by atoms with E-state index in [1.807, 2.05) is 0 Å². The lowest BCUT2D eigenvalue weighted by molar-refractivity contribution is -0.175. The minimum absolute atomic E-state index is 0.126. The van der Waals surface area contributed by atoms with Crippen LogP contribution in [-0.2, 0) is 9.59 Å². The third kappa shape index (κ3) is 3.03. The Hall–Kier alpha value is -3.96. The van der Waals surface area contributed by atoms with Gasteiger partial charge in [0, 0.05) is 12.4 Å². The number of rotatable bonds is 6. The molecule has 12 heteroatoms. The summed E-state index contributed by atoms with van der Waals surface area (Å²) in [6.07, 6.45) is 3.28. The topological polar surface area (TPSA) is 140 Å². The molecule has 29 heavy (non-hydrogen) atoms. The second-order valence-corrected chi connectivity index (χ2v) is 6.16. The maximum Gasteiger partial charge on any atom is 0.352 e. The van der Waals surface area contributed by atoms with Crippen molar-refractivity contribution in [2.75, 3.05) is 0 Å². The van der Waals surface area contributed by atoms with E-state index in [9.17, 15) is 9.59 Å². The van der Waals surface area contributed by atoms with Crippen LogP contribution in [-0.4, -0.2) is 52.2 Å². The van der Waals surface area contributed by atoms with Gasteiger partial charge in [0.2, 0.25) is 11.3 Å². The fourth-order valence-electron chi connectivity index (χ4n) is 2.86. The largest absolute Gasteiger partial charge is 0.352 e. The zero-order valence-electron chi connectivity index (χ0n) is 15.6. The van der Waals surface area contributed by atoms with Gasteiger partial charge in [0.05, 0.1) is 0 Å². The fourth-order valence-corrected chi connectivity index (χ4v) is 2.86. The zero-order valence-corrected chi connectivity index (χ0v) is 15.6. The van der Waals surface area contributed by atoms with Gasteiger partial charge in [-0.05, 0) is 57.2 Å². The third-order valence-electron chi connectivity index (χ3n) is 4.69. The number of hydrogen-bond donors (Lipinski definition) is 0. The Morgan fingerprint density at radius 2 is 1.31 bits per heavy atom. The molecule has 0 bridgehead atoms. The van der Waals surface area contributed by atoms with Crippen molar-refractivity contribution in [1.82, 2.24) is 40.3 Å². The summed E-state index contributed by atoms with van der Waals surface area (Å²) in [7, 11) is 0. The molecule has 0 aliphatic heterocycles. The minimum Gasteiger partial charge on any atom is -0.314 e. The summed E-state index contributed by atoms with van der Waals surface area (Å²) in [5, 5.41) is 15.3. The summed E-state index contributed by atoms with van der Waals surface area (Å²) >= 11 is 0. The van der Waals surface area contributed by atoms with Crippen LogP contribution in [0.5, 0.6) is 0 Å². The molecule has 0 aliphatic rings. The molecule has 148 valence electrons. The zero-order chi connectivity index (χ0) is 20.4. The quantitative estimate of drug-likeness (QED) is 0.332. The number of fused-ring (bicyclic) bond motifs is 2. The first kappa shape index (κ1) is 18.4. The van der Waals surface area contributed by atoms with Gasteiger partial charge < -0.3 is 9.68 Å². The lowest BCUT2D eigenvalue weighted by Gasteiger charge is -2.25. The van der Waals surface area contributed by atoms with Gasteiger partial charge in [0.25, 0.3) is 0 Å². The van der Waals surface area contributed by atoms with E-state index in [0.717, 1.165) is 9.69 Å². The Morgan fingerprint density at radius 1 is 0.862 bits per heavy atom. The van der Waals surface area contributed by atoms with Gasteiger partial charge in [0.1, 0.15) is 11.0 Å². The first-order valence-corrected chi connectivity index (χ1v) is 8.87. The SMILES string of the molecule is CCC(CC)(C(=O)On1nnc2cccnc21)C(=O)On1nnc2cccnc21. The van der Waals surface area contributed by atoms with Crippen molar-refractivity contribution in [3.63, 3.8) is 0 Å². The van der Waals surface area contributed by atoms with Crippen LogP contribution in [0.25, 0.3) is 22.3 Å². The molecule has 0 spiro atoms. The monoisotopic (exact) mass is 396 g/mol. The highest BCUT2D eigenvalue weighted by molar-refractivity contribution is 6.00. The Morgan fingerprint density at radius 3 is 1.72 bits per heavy atom. The second kappa shape index (κ2) is 7.22. The lowest BCUT2D eigenvalue weighted by atomic mass is 9.82. The average Bonchev–Trinajstić information content (AvgIpc) is 3.34. The number of nitrogens with zero attached hydrogens (tertiary/aromatic N) is 8. The molecule has 4 rings (SSSR count). The van der Waals surface area contributed by atoms with Crippen molar-refractivity contribution in [3.8, 4) is 0 Å². The van der Waals surface area contributed by atoms with Crippen LogP contribution >= 0.6 is 0 Å². The summed E-state index contributed by atoms with van der Waals surface area (Å²) in [5.41, 5.74) is -0.202. The standard InChI is InChI=1S/C17H16N8O4/c1-3-17(4-2,15(26)28-24-13-11(20-22-24)7-5-9-18-13)16(27)29-25-14-12(21-23-25)8-6-10-19-14/h5-10H,3-4H2,1-2H3. The van der Waals surface area contributed by atoms with Gasteiger partial charge >= 0.3 is 11.9 Å². The Kier molecular flexibility index (Phi) is 4.58. The molecule has 0 N–H and O–H groups in total. The highest BCUT2D eigenvalue weighted by Crippen LogP contribution is 2.28. The van der Waals surface area contributed by atoms with Crippen LogP contribution in [0.3, 0.4) is 0 Å². The Labute approximate surface area is 163 Å². The first-order valence-electron chi connectivity index (χ1n) is 8.87. The molecule has 4 aromatic heterocycles. The average molecular weight is 396 g/mol. The van der Waals surface area contributed by atoms with Crippen molar-refractivity contribution in [2.24, 2.45) is 5.41 Å². The van der Waals surface area contributed by atoms with Gasteiger partial charge in [0.15, 0.2) is 5.41 Å². The van der Waals surface area contributed by atoms with E-state index in [1.165, 1.54) is 12.4 Å². The van der Waals surface area contributed by atoms with E-state index in [0.29, 0.717) is 11.0 Å². The Balaban J connectivity index is 1.62. The molecule has 0 unspecified atom stereocenters. The van der Waals surface area contributed by atoms with Crippen LogP contribution < -0.4 is 9.68 Å². The van der Waals surface area contributed by atoms with Gasteiger partial charge in [-0.15, -0.1) is 10.2 Å². The molecule has 0 fully saturated rings. The van der Waals surface area contributed by atoms with Gasteiger partial charge in [-0.1, -0.05) is 13.8 Å². The van der Waals surface area contributed by atoms with Crippen molar-refractivity contribution in [1.29, 1.82) is 0 Å². The van der Waals surface area contributed by atoms with E-state index in [-0.39, 0.29) is 24.1 Å². The van der Waals surface area contributed by atoms with Crippen LogP contribution in [0, 0.1) is 5.41 Å². The molecule has 4 heterocycles. The second-order valence-electron chi connectivity index (χ2n) is 6.16. The van der Waals surface area contributed by atoms with E-state index < -0.39 is 17.4 Å². The van der Waals surface area contributed by atoms with Gasteiger partial charge in [-0.25, -0.2) is 19.6 Å². The van der Waals surface area contributed by atoms with Crippen molar-refractivity contribution in [3.05, 3.63) is 36.7 Å². The van der Waals surface area contributed by atoms with Gasteiger partial charge in [-0.2, -0.15) is 0 Å². The van der Waals surface area contributed by atoms with Crippen LogP contribution in [0.2, 0.25) is 0 Å².